The molecule has 1 aliphatic rings. The molecule has 2 aromatic rings. The lowest BCUT2D eigenvalue weighted by atomic mass is 10.4. The van der Waals surface area contributed by atoms with Crippen LogP contribution in [0.4, 0.5) is 11.5 Å². The first-order chi connectivity index (χ1) is 10.5. The molecule has 22 heavy (non-hydrogen) atoms. The van der Waals surface area contributed by atoms with Crippen LogP contribution in [0.1, 0.15) is 24.3 Å². The summed E-state index contributed by atoms with van der Waals surface area (Å²) in [6.07, 6.45) is 4.05. The highest BCUT2D eigenvalue weighted by Crippen LogP contribution is 2.23. The summed E-state index contributed by atoms with van der Waals surface area (Å²) >= 11 is 0. The standard InChI is InChI=1S/C14H18N4O3S/c1-10-14(11(2)21-16-10)22(19,20)17-13-6-5-12(9-15-13)18-7-3-4-8-18/h5-6,9H,3-4,7-8H2,1-2H3,(H,15,17). The lowest BCUT2D eigenvalue weighted by molar-refractivity contribution is 0.390. The van der Waals surface area contributed by atoms with Gasteiger partial charge in [-0.1, -0.05) is 5.16 Å². The van der Waals surface area contributed by atoms with Crippen molar-refractivity contribution >= 4 is 21.5 Å². The SMILES string of the molecule is Cc1noc(C)c1S(=O)(=O)Nc1ccc(N2CCCC2)cn1. The van der Waals surface area contributed by atoms with Crippen LogP contribution >= 0.6 is 0 Å². The van der Waals surface area contributed by atoms with Crippen LogP contribution in [0.15, 0.2) is 27.7 Å². The Kier molecular flexibility index (Phi) is 3.78. The van der Waals surface area contributed by atoms with Gasteiger partial charge in [0.2, 0.25) is 0 Å². The van der Waals surface area contributed by atoms with Crippen LogP contribution in [-0.2, 0) is 10.0 Å². The minimum absolute atomic E-state index is 0.0675. The Morgan fingerprint density at radius 3 is 2.50 bits per heavy atom. The Labute approximate surface area is 129 Å². The van der Waals surface area contributed by atoms with E-state index in [0.29, 0.717) is 5.69 Å². The molecule has 7 nitrogen and oxygen atoms in total. The second-order valence-electron chi connectivity index (χ2n) is 5.35. The number of pyridine rings is 1. The number of anilines is 2. The summed E-state index contributed by atoms with van der Waals surface area (Å²) in [5.41, 5.74) is 1.34. The lowest BCUT2D eigenvalue weighted by Gasteiger charge is -2.17. The number of aromatic nitrogens is 2. The lowest BCUT2D eigenvalue weighted by Crippen LogP contribution is -2.18. The molecule has 0 unspecified atom stereocenters. The van der Waals surface area contributed by atoms with E-state index in [9.17, 15) is 8.42 Å². The maximum Gasteiger partial charge on any atom is 0.268 e. The van der Waals surface area contributed by atoms with Crippen molar-refractivity contribution in [2.24, 2.45) is 0 Å². The molecule has 0 saturated carbocycles. The van der Waals surface area contributed by atoms with Gasteiger partial charge in [-0.05, 0) is 38.8 Å². The monoisotopic (exact) mass is 322 g/mol. The van der Waals surface area contributed by atoms with Crippen molar-refractivity contribution < 1.29 is 12.9 Å². The van der Waals surface area contributed by atoms with Gasteiger partial charge in [0.05, 0.1) is 11.9 Å². The van der Waals surface area contributed by atoms with E-state index in [2.05, 4.69) is 19.8 Å². The van der Waals surface area contributed by atoms with Crippen molar-refractivity contribution in [1.29, 1.82) is 0 Å². The highest BCUT2D eigenvalue weighted by Gasteiger charge is 2.24. The highest BCUT2D eigenvalue weighted by molar-refractivity contribution is 7.92. The molecular weight excluding hydrogens is 304 g/mol. The molecule has 1 saturated heterocycles. The van der Waals surface area contributed by atoms with Crippen molar-refractivity contribution in [3.63, 3.8) is 0 Å². The molecule has 1 N–H and O–H groups in total. The summed E-state index contributed by atoms with van der Waals surface area (Å²) in [7, 11) is -3.75. The van der Waals surface area contributed by atoms with Crippen molar-refractivity contribution in [3.8, 4) is 0 Å². The van der Waals surface area contributed by atoms with E-state index in [1.807, 2.05) is 6.07 Å². The Morgan fingerprint density at radius 2 is 1.95 bits per heavy atom. The van der Waals surface area contributed by atoms with Gasteiger partial charge >= 0.3 is 0 Å². The molecule has 0 aromatic carbocycles. The van der Waals surface area contributed by atoms with Gasteiger partial charge in [-0.25, -0.2) is 13.4 Å². The summed E-state index contributed by atoms with van der Waals surface area (Å²) in [5.74, 6) is 0.543. The quantitative estimate of drug-likeness (QED) is 0.927. The second kappa shape index (κ2) is 5.60. The van der Waals surface area contributed by atoms with Gasteiger partial charge in [0.1, 0.15) is 11.5 Å². The van der Waals surface area contributed by atoms with Gasteiger partial charge in [0, 0.05) is 13.1 Å². The number of nitrogens with one attached hydrogen (secondary N) is 1. The predicted octanol–water partition coefficient (Wildman–Crippen LogP) is 2.09. The van der Waals surface area contributed by atoms with Crippen LogP contribution in [0.5, 0.6) is 0 Å². The van der Waals surface area contributed by atoms with Crippen molar-refractivity contribution in [1.82, 2.24) is 10.1 Å². The van der Waals surface area contributed by atoms with Crippen LogP contribution in [0.25, 0.3) is 0 Å². The van der Waals surface area contributed by atoms with Crippen LogP contribution in [-0.4, -0.2) is 31.6 Å². The fraction of sp³-hybridized carbons (Fsp3) is 0.429. The molecule has 2 aromatic heterocycles. The zero-order chi connectivity index (χ0) is 15.7. The molecule has 0 bridgehead atoms. The van der Waals surface area contributed by atoms with Gasteiger partial charge in [-0.15, -0.1) is 0 Å². The minimum Gasteiger partial charge on any atom is -0.370 e. The average molecular weight is 322 g/mol. The van der Waals surface area contributed by atoms with Crippen molar-refractivity contribution in [2.45, 2.75) is 31.6 Å². The Morgan fingerprint density at radius 1 is 1.23 bits per heavy atom. The highest BCUT2D eigenvalue weighted by atomic mass is 32.2. The second-order valence-corrected chi connectivity index (χ2v) is 6.97. The summed E-state index contributed by atoms with van der Waals surface area (Å²) in [4.78, 5) is 6.50. The molecule has 8 heteroatoms. The van der Waals surface area contributed by atoms with Crippen LogP contribution in [0.2, 0.25) is 0 Å². The summed E-state index contributed by atoms with van der Waals surface area (Å²) in [6.45, 7) is 5.20. The molecular formula is C14H18N4O3S. The van der Waals surface area contributed by atoms with Crippen LogP contribution in [0, 0.1) is 13.8 Å². The van der Waals surface area contributed by atoms with E-state index in [1.165, 1.54) is 12.8 Å². The Hall–Kier alpha value is -2.09. The van der Waals surface area contributed by atoms with E-state index in [4.69, 9.17) is 4.52 Å². The van der Waals surface area contributed by atoms with Gasteiger partial charge in [0.25, 0.3) is 10.0 Å². The molecule has 3 rings (SSSR count). The molecule has 118 valence electrons. The predicted molar refractivity (Wildman–Crippen MR) is 82.5 cm³/mol. The molecule has 1 aliphatic heterocycles. The zero-order valence-electron chi connectivity index (χ0n) is 12.5. The van der Waals surface area contributed by atoms with Crippen molar-refractivity contribution in [3.05, 3.63) is 29.8 Å². The first-order valence-electron chi connectivity index (χ1n) is 7.14. The minimum atomic E-state index is -3.75. The summed E-state index contributed by atoms with van der Waals surface area (Å²) in [6, 6.07) is 3.55. The number of hydrogen-bond acceptors (Lipinski definition) is 6. The molecule has 0 amide bonds. The summed E-state index contributed by atoms with van der Waals surface area (Å²) < 4.78 is 32.1. The summed E-state index contributed by atoms with van der Waals surface area (Å²) in [5, 5.41) is 3.67. The smallest absolute Gasteiger partial charge is 0.268 e. The molecule has 1 fully saturated rings. The number of rotatable bonds is 4. The maximum absolute atomic E-state index is 12.4. The van der Waals surface area contributed by atoms with Gasteiger partial charge in [-0.2, -0.15) is 0 Å². The number of sulfonamides is 1. The van der Waals surface area contributed by atoms with E-state index < -0.39 is 10.0 Å². The third kappa shape index (κ3) is 2.78. The molecule has 3 heterocycles. The zero-order valence-corrected chi connectivity index (χ0v) is 13.4. The van der Waals surface area contributed by atoms with Gasteiger partial charge < -0.3 is 9.42 Å². The van der Waals surface area contributed by atoms with Crippen LogP contribution in [0.3, 0.4) is 0 Å². The van der Waals surface area contributed by atoms with Gasteiger partial charge in [-0.3, -0.25) is 4.72 Å². The third-order valence-electron chi connectivity index (χ3n) is 3.69. The topological polar surface area (TPSA) is 88.3 Å². The normalized spacial score (nSPS) is 15.3. The maximum atomic E-state index is 12.4. The first-order valence-corrected chi connectivity index (χ1v) is 8.62. The van der Waals surface area contributed by atoms with Crippen molar-refractivity contribution in [2.75, 3.05) is 22.7 Å². The van der Waals surface area contributed by atoms with Crippen LogP contribution < -0.4 is 9.62 Å². The van der Waals surface area contributed by atoms with E-state index >= 15 is 0 Å². The number of aryl methyl sites for hydroxylation is 2. The molecule has 0 radical (unpaired) electrons. The molecule has 0 atom stereocenters. The average Bonchev–Trinajstić information content (AvgIpc) is 3.09. The van der Waals surface area contributed by atoms with E-state index in [0.717, 1.165) is 18.8 Å². The molecule has 0 aliphatic carbocycles. The number of nitrogens with zero attached hydrogens (tertiary/aromatic N) is 3. The Bertz CT molecular complexity index is 742. The van der Waals surface area contributed by atoms with E-state index in [-0.39, 0.29) is 16.5 Å². The third-order valence-corrected chi connectivity index (χ3v) is 5.29. The molecule has 0 spiro atoms. The Balaban J connectivity index is 1.80. The largest absolute Gasteiger partial charge is 0.370 e. The fourth-order valence-corrected chi connectivity index (χ4v) is 4.00. The fourth-order valence-electron chi connectivity index (χ4n) is 2.66. The van der Waals surface area contributed by atoms with E-state index in [1.54, 1.807) is 26.1 Å². The number of hydrogen-bond donors (Lipinski definition) is 1. The first kappa shape index (κ1) is 14.8. The van der Waals surface area contributed by atoms with Gasteiger partial charge in [0.15, 0.2) is 10.7 Å².